The van der Waals surface area contributed by atoms with E-state index in [1.807, 2.05) is 23.9 Å². The molecule has 0 aliphatic carbocycles. The average Bonchev–Trinajstić information content (AvgIpc) is 2.71. The van der Waals surface area contributed by atoms with E-state index in [-0.39, 0.29) is 0 Å². The Kier molecular flexibility index (Phi) is 6.28. The van der Waals surface area contributed by atoms with Gasteiger partial charge in [0.05, 0.1) is 12.0 Å². The van der Waals surface area contributed by atoms with Crippen LogP contribution in [0.15, 0.2) is 35.0 Å². The molecule has 0 aromatic carbocycles. The summed E-state index contributed by atoms with van der Waals surface area (Å²) >= 11 is 1.84. The number of hydrogen-bond acceptors (Lipinski definition) is 3. The first-order valence-corrected chi connectivity index (χ1v) is 6.46. The minimum absolute atomic E-state index is 0.930. The zero-order valence-electron chi connectivity index (χ0n) is 9.29. The van der Waals surface area contributed by atoms with Gasteiger partial charge in [-0.2, -0.15) is 0 Å². The van der Waals surface area contributed by atoms with Gasteiger partial charge in [-0.05, 0) is 25.1 Å². The van der Waals surface area contributed by atoms with Crippen molar-refractivity contribution in [2.24, 2.45) is 0 Å². The summed E-state index contributed by atoms with van der Waals surface area (Å²) < 4.78 is 5.25. The summed E-state index contributed by atoms with van der Waals surface area (Å²) in [6.07, 6.45) is 2.89. The van der Waals surface area contributed by atoms with Crippen LogP contribution in [0.2, 0.25) is 0 Å². The normalized spacial score (nSPS) is 10.5. The molecule has 0 fully saturated rings. The Morgan fingerprint density at radius 3 is 3.13 bits per heavy atom. The zero-order chi connectivity index (χ0) is 10.9. The van der Waals surface area contributed by atoms with Gasteiger partial charge in [0.15, 0.2) is 0 Å². The monoisotopic (exact) mass is 225 g/mol. The number of furan rings is 1. The minimum Gasteiger partial charge on any atom is -0.468 e. The number of thioether (sulfide) groups is 1. The van der Waals surface area contributed by atoms with Crippen molar-refractivity contribution < 1.29 is 4.42 Å². The minimum atomic E-state index is 0.930. The average molecular weight is 225 g/mol. The van der Waals surface area contributed by atoms with E-state index in [1.165, 1.54) is 12.0 Å². The van der Waals surface area contributed by atoms with Crippen LogP contribution in [-0.4, -0.2) is 18.8 Å². The highest BCUT2D eigenvalue weighted by molar-refractivity contribution is 7.98. The fraction of sp³-hybridized carbons (Fsp3) is 0.500. The Hall–Kier alpha value is -0.670. The molecule has 0 spiro atoms. The quantitative estimate of drug-likeness (QED) is 0.544. The number of hydrogen-bond donors (Lipinski definition) is 1. The van der Waals surface area contributed by atoms with Crippen molar-refractivity contribution in [1.82, 2.24) is 5.32 Å². The van der Waals surface area contributed by atoms with Crippen molar-refractivity contribution in [1.29, 1.82) is 0 Å². The fourth-order valence-corrected chi connectivity index (χ4v) is 2.04. The topological polar surface area (TPSA) is 25.2 Å². The van der Waals surface area contributed by atoms with Crippen LogP contribution in [0.5, 0.6) is 0 Å². The predicted octanol–water partition coefficient (Wildman–Crippen LogP) is 3.07. The first-order chi connectivity index (χ1) is 7.33. The van der Waals surface area contributed by atoms with Crippen LogP contribution in [0.4, 0.5) is 0 Å². The van der Waals surface area contributed by atoms with Crippen molar-refractivity contribution in [2.75, 3.05) is 18.8 Å². The highest BCUT2D eigenvalue weighted by Gasteiger charge is 1.98. The molecule has 1 N–H and O–H groups in total. The molecule has 0 amide bonds. The molecule has 1 rings (SSSR count). The molecule has 1 heterocycles. The molecule has 0 radical (unpaired) electrons. The Balaban J connectivity index is 2.02. The molecule has 0 unspecified atom stereocenters. The molecule has 2 nitrogen and oxygen atoms in total. The van der Waals surface area contributed by atoms with Gasteiger partial charge in [-0.1, -0.05) is 19.1 Å². The van der Waals surface area contributed by atoms with Gasteiger partial charge in [0.25, 0.3) is 0 Å². The second-order valence-electron chi connectivity index (χ2n) is 3.50. The van der Waals surface area contributed by atoms with Crippen LogP contribution < -0.4 is 5.32 Å². The molecule has 0 saturated carbocycles. The highest BCUT2D eigenvalue weighted by atomic mass is 32.2. The molecule has 15 heavy (non-hydrogen) atoms. The Labute approximate surface area is 96.1 Å². The van der Waals surface area contributed by atoms with Crippen molar-refractivity contribution in [3.05, 3.63) is 36.3 Å². The van der Waals surface area contributed by atoms with Crippen molar-refractivity contribution in [3.63, 3.8) is 0 Å². The van der Waals surface area contributed by atoms with Crippen LogP contribution in [0.25, 0.3) is 0 Å². The van der Waals surface area contributed by atoms with Crippen LogP contribution >= 0.6 is 11.8 Å². The highest BCUT2D eigenvalue weighted by Crippen LogP contribution is 2.14. The van der Waals surface area contributed by atoms with E-state index >= 15 is 0 Å². The molecule has 84 valence electrons. The lowest BCUT2D eigenvalue weighted by atomic mass is 10.3. The van der Waals surface area contributed by atoms with Gasteiger partial charge in [0, 0.05) is 12.3 Å². The van der Waals surface area contributed by atoms with Crippen molar-refractivity contribution in [3.8, 4) is 0 Å². The smallest absolute Gasteiger partial charge is 0.113 e. The van der Waals surface area contributed by atoms with Gasteiger partial charge < -0.3 is 9.73 Å². The summed E-state index contributed by atoms with van der Waals surface area (Å²) in [7, 11) is 0. The lowest BCUT2D eigenvalue weighted by molar-refractivity contribution is 0.530. The molecule has 0 aliphatic heterocycles. The first kappa shape index (κ1) is 12.4. The van der Waals surface area contributed by atoms with E-state index < -0.39 is 0 Å². The maximum absolute atomic E-state index is 5.25. The van der Waals surface area contributed by atoms with Gasteiger partial charge in [0.2, 0.25) is 0 Å². The third kappa shape index (κ3) is 5.70. The van der Waals surface area contributed by atoms with E-state index in [1.54, 1.807) is 6.26 Å². The van der Waals surface area contributed by atoms with E-state index in [2.05, 4.69) is 18.8 Å². The van der Waals surface area contributed by atoms with E-state index in [0.717, 1.165) is 30.4 Å². The maximum atomic E-state index is 5.25. The van der Waals surface area contributed by atoms with E-state index in [4.69, 9.17) is 4.42 Å². The molecular formula is C12H19NOS. The van der Waals surface area contributed by atoms with Crippen LogP contribution in [-0.2, 0) is 5.75 Å². The van der Waals surface area contributed by atoms with Crippen LogP contribution in [0.3, 0.4) is 0 Å². The van der Waals surface area contributed by atoms with Gasteiger partial charge in [-0.3, -0.25) is 0 Å². The molecule has 0 saturated heterocycles. The van der Waals surface area contributed by atoms with Crippen LogP contribution in [0.1, 0.15) is 19.1 Å². The molecular weight excluding hydrogens is 206 g/mol. The fourth-order valence-electron chi connectivity index (χ4n) is 1.18. The number of nitrogens with one attached hydrogen (secondary N) is 1. The Morgan fingerprint density at radius 2 is 2.47 bits per heavy atom. The van der Waals surface area contributed by atoms with Crippen molar-refractivity contribution in [2.45, 2.75) is 19.1 Å². The van der Waals surface area contributed by atoms with Gasteiger partial charge in [-0.15, -0.1) is 11.8 Å². The molecule has 0 aliphatic rings. The Morgan fingerprint density at radius 1 is 1.60 bits per heavy atom. The van der Waals surface area contributed by atoms with Crippen LogP contribution in [0, 0.1) is 0 Å². The van der Waals surface area contributed by atoms with Crippen molar-refractivity contribution >= 4 is 11.8 Å². The summed E-state index contributed by atoms with van der Waals surface area (Å²) in [6.45, 7) is 8.20. The summed E-state index contributed by atoms with van der Waals surface area (Å²) in [6, 6.07) is 3.93. The van der Waals surface area contributed by atoms with Gasteiger partial charge >= 0.3 is 0 Å². The second kappa shape index (κ2) is 7.60. The molecule has 0 atom stereocenters. The molecule has 1 aromatic heterocycles. The molecule has 1 aromatic rings. The predicted molar refractivity (Wildman–Crippen MR) is 67.2 cm³/mol. The lowest BCUT2D eigenvalue weighted by Crippen LogP contribution is -2.18. The maximum Gasteiger partial charge on any atom is 0.113 e. The van der Waals surface area contributed by atoms with E-state index in [9.17, 15) is 0 Å². The summed E-state index contributed by atoms with van der Waals surface area (Å²) in [5, 5.41) is 3.34. The summed E-state index contributed by atoms with van der Waals surface area (Å²) in [4.78, 5) is 0. The Bertz CT molecular complexity index is 269. The van der Waals surface area contributed by atoms with E-state index in [0.29, 0.717) is 0 Å². The molecule has 3 heteroatoms. The third-order valence-electron chi connectivity index (χ3n) is 1.93. The summed E-state index contributed by atoms with van der Waals surface area (Å²) in [5.41, 5.74) is 1.25. The second-order valence-corrected chi connectivity index (χ2v) is 4.48. The van der Waals surface area contributed by atoms with Gasteiger partial charge in [-0.25, -0.2) is 0 Å². The molecule has 0 bridgehead atoms. The third-order valence-corrected chi connectivity index (χ3v) is 3.03. The number of rotatable bonds is 8. The lowest BCUT2D eigenvalue weighted by Gasteiger charge is -2.05. The SMILES string of the molecule is C=C(CNCCC)CSCc1ccco1. The standard InChI is InChI=1S/C12H19NOS/c1-3-6-13-8-11(2)9-15-10-12-5-4-7-14-12/h4-5,7,13H,2-3,6,8-10H2,1H3. The summed E-state index contributed by atoms with van der Waals surface area (Å²) in [5.74, 6) is 2.96. The first-order valence-electron chi connectivity index (χ1n) is 5.30. The van der Waals surface area contributed by atoms with Gasteiger partial charge in [0.1, 0.15) is 5.76 Å². The zero-order valence-corrected chi connectivity index (χ0v) is 10.1. The largest absolute Gasteiger partial charge is 0.468 e.